The minimum absolute atomic E-state index is 0.0469. The summed E-state index contributed by atoms with van der Waals surface area (Å²) in [6, 6.07) is 18.5. The zero-order valence-electron chi connectivity index (χ0n) is 16.8. The van der Waals surface area contributed by atoms with Crippen molar-refractivity contribution in [3.8, 4) is 11.1 Å². The first-order valence-electron chi connectivity index (χ1n) is 10.6. The molecule has 1 aromatic heterocycles. The number of carbonyl (C=O) groups is 1. The van der Waals surface area contributed by atoms with E-state index in [0.29, 0.717) is 24.7 Å². The molecule has 0 radical (unpaired) electrons. The van der Waals surface area contributed by atoms with Crippen LogP contribution in [0, 0.1) is 11.8 Å². The molecule has 2 aliphatic rings. The highest BCUT2D eigenvalue weighted by molar-refractivity contribution is 5.79. The highest BCUT2D eigenvalue weighted by Crippen LogP contribution is 2.41. The van der Waals surface area contributed by atoms with E-state index in [2.05, 4.69) is 34.3 Å². The molecular formula is C24H26N4O2. The standard InChI is InChI=1S/C24H26N4O2/c29-23-12-21-14-27(13-20(21)11-22(23)28-16-25-15-26-28)24(30)10-17-6-8-19(9-7-17)18-4-2-1-3-5-18/h1-9,15-16,20-23,29H,10-14H2/t20-,21+,22-,23-/m1/s1. The molecule has 154 valence electrons. The van der Waals surface area contributed by atoms with Crippen molar-refractivity contribution in [3.63, 3.8) is 0 Å². The fourth-order valence-electron chi connectivity index (χ4n) is 5.02. The molecule has 5 rings (SSSR count). The van der Waals surface area contributed by atoms with Gasteiger partial charge in [0.25, 0.3) is 0 Å². The second-order valence-electron chi connectivity index (χ2n) is 8.54. The number of aliphatic hydroxyl groups excluding tert-OH is 1. The van der Waals surface area contributed by atoms with E-state index < -0.39 is 6.10 Å². The van der Waals surface area contributed by atoms with Crippen molar-refractivity contribution in [3.05, 3.63) is 72.8 Å². The summed E-state index contributed by atoms with van der Waals surface area (Å²) in [5.74, 6) is 0.944. The molecule has 3 aromatic rings. The van der Waals surface area contributed by atoms with E-state index in [4.69, 9.17) is 0 Å². The Morgan fingerprint density at radius 3 is 2.37 bits per heavy atom. The summed E-state index contributed by atoms with van der Waals surface area (Å²) in [6.07, 6.45) is 4.71. The number of benzene rings is 2. The van der Waals surface area contributed by atoms with E-state index in [1.807, 2.05) is 35.2 Å². The van der Waals surface area contributed by atoms with Gasteiger partial charge in [0.2, 0.25) is 5.91 Å². The van der Waals surface area contributed by atoms with Crippen LogP contribution in [0.3, 0.4) is 0 Å². The highest BCUT2D eigenvalue weighted by Gasteiger charge is 2.43. The van der Waals surface area contributed by atoms with Crippen molar-refractivity contribution < 1.29 is 9.90 Å². The Kier molecular flexibility index (Phi) is 5.09. The van der Waals surface area contributed by atoms with Crippen molar-refractivity contribution in [2.24, 2.45) is 11.8 Å². The number of carbonyl (C=O) groups excluding carboxylic acids is 1. The average molecular weight is 402 g/mol. The Morgan fingerprint density at radius 1 is 0.967 bits per heavy atom. The Bertz CT molecular complexity index is 988. The number of fused-ring (bicyclic) bond motifs is 1. The Balaban J connectivity index is 1.21. The molecule has 2 aromatic carbocycles. The van der Waals surface area contributed by atoms with Crippen LogP contribution in [0.1, 0.15) is 24.4 Å². The summed E-state index contributed by atoms with van der Waals surface area (Å²) in [4.78, 5) is 18.9. The monoisotopic (exact) mass is 402 g/mol. The summed E-state index contributed by atoms with van der Waals surface area (Å²) in [7, 11) is 0. The third-order valence-corrected chi connectivity index (χ3v) is 6.65. The van der Waals surface area contributed by atoms with E-state index in [0.717, 1.165) is 30.6 Å². The van der Waals surface area contributed by atoms with E-state index >= 15 is 0 Å². The van der Waals surface area contributed by atoms with Gasteiger partial charge in [-0.2, -0.15) is 5.10 Å². The fraction of sp³-hybridized carbons (Fsp3) is 0.375. The zero-order valence-corrected chi connectivity index (χ0v) is 16.8. The van der Waals surface area contributed by atoms with Crippen LogP contribution < -0.4 is 0 Å². The predicted octanol–water partition coefficient (Wildman–Crippen LogP) is 2.96. The molecule has 0 unspecified atom stereocenters. The van der Waals surface area contributed by atoms with Crippen molar-refractivity contribution in [1.29, 1.82) is 0 Å². The summed E-state index contributed by atoms with van der Waals surface area (Å²) in [5, 5.41) is 14.8. The molecule has 1 aliphatic heterocycles. The number of hydrogen-bond acceptors (Lipinski definition) is 4. The second kappa shape index (κ2) is 8.03. The lowest BCUT2D eigenvalue weighted by Gasteiger charge is -2.34. The third kappa shape index (κ3) is 3.75. The number of hydrogen-bond donors (Lipinski definition) is 1. The highest BCUT2D eigenvalue weighted by atomic mass is 16.3. The predicted molar refractivity (Wildman–Crippen MR) is 113 cm³/mol. The maximum absolute atomic E-state index is 12.9. The number of amides is 1. The molecule has 4 atom stereocenters. The molecular weight excluding hydrogens is 376 g/mol. The van der Waals surface area contributed by atoms with Crippen molar-refractivity contribution in [2.75, 3.05) is 13.1 Å². The minimum atomic E-state index is -0.437. The van der Waals surface area contributed by atoms with Crippen LogP contribution in [0.5, 0.6) is 0 Å². The number of aliphatic hydroxyl groups is 1. The second-order valence-corrected chi connectivity index (χ2v) is 8.54. The smallest absolute Gasteiger partial charge is 0.227 e. The lowest BCUT2D eigenvalue weighted by atomic mass is 9.77. The van der Waals surface area contributed by atoms with Gasteiger partial charge in [0.15, 0.2) is 0 Å². The van der Waals surface area contributed by atoms with E-state index in [9.17, 15) is 9.90 Å². The average Bonchev–Trinajstić information content (AvgIpc) is 3.44. The minimum Gasteiger partial charge on any atom is -0.391 e. The van der Waals surface area contributed by atoms with Crippen LogP contribution in [0.4, 0.5) is 0 Å². The van der Waals surface area contributed by atoms with Gasteiger partial charge in [-0.15, -0.1) is 0 Å². The number of aromatic nitrogens is 3. The molecule has 1 amide bonds. The normalized spacial score (nSPS) is 25.8. The molecule has 1 aliphatic carbocycles. The van der Waals surface area contributed by atoms with E-state index in [1.54, 1.807) is 11.0 Å². The third-order valence-electron chi connectivity index (χ3n) is 6.65. The Morgan fingerprint density at radius 2 is 1.67 bits per heavy atom. The quantitative estimate of drug-likeness (QED) is 0.728. The topological polar surface area (TPSA) is 71.2 Å². The van der Waals surface area contributed by atoms with Crippen LogP contribution in [0.2, 0.25) is 0 Å². The molecule has 30 heavy (non-hydrogen) atoms. The Hall–Kier alpha value is -2.99. The molecule has 6 nitrogen and oxygen atoms in total. The number of likely N-dealkylation sites (tertiary alicyclic amines) is 1. The summed E-state index contributed by atoms with van der Waals surface area (Å²) in [5.41, 5.74) is 3.38. The van der Waals surface area contributed by atoms with Crippen LogP contribution in [-0.4, -0.2) is 49.9 Å². The van der Waals surface area contributed by atoms with Crippen LogP contribution in [0.25, 0.3) is 11.1 Å². The van der Waals surface area contributed by atoms with Gasteiger partial charge >= 0.3 is 0 Å². The molecule has 0 bridgehead atoms. The summed E-state index contributed by atoms with van der Waals surface area (Å²) < 4.78 is 1.76. The maximum Gasteiger partial charge on any atom is 0.227 e. The first-order chi connectivity index (χ1) is 14.7. The van der Waals surface area contributed by atoms with Crippen molar-refractivity contribution in [2.45, 2.75) is 31.4 Å². The number of rotatable bonds is 4. The molecule has 1 saturated heterocycles. The van der Waals surface area contributed by atoms with Gasteiger partial charge in [-0.25, -0.2) is 9.67 Å². The molecule has 1 saturated carbocycles. The van der Waals surface area contributed by atoms with Gasteiger partial charge in [-0.05, 0) is 41.4 Å². The lowest BCUT2D eigenvalue weighted by molar-refractivity contribution is -0.129. The van der Waals surface area contributed by atoms with Gasteiger partial charge in [-0.3, -0.25) is 4.79 Å². The SMILES string of the molecule is O=C(Cc1ccc(-c2ccccc2)cc1)N1C[C@H]2C[C@@H](n3cncn3)[C@H](O)C[C@H]2C1. The van der Waals surface area contributed by atoms with Crippen molar-refractivity contribution >= 4 is 5.91 Å². The molecule has 2 fully saturated rings. The molecule has 6 heteroatoms. The summed E-state index contributed by atoms with van der Waals surface area (Å²) in [6.45, 7) is 1.51. The first kappa shape index (κ1) is 19.0. The van der Waals surface area contributed by atoms with Crippen LogP contribution in [0.15, 0.2) is 67.3 Å². The van der Waals surface area contributed by atoms with Crippen molar-refractivity contribution in [1.82, 2.24) is 19.7 Å². The van der Waals surface area contributed by atoms with Crippen LogP contribution in [-0.2, 0) is 11.2 Å². The van der Waals surface area contributed by atoms with Crippen LogP contribution >= 0.6 is 0 Å². The van der Waals surface area contributed by atoms with Gasteiger partial charge in [0.05, 0.1) is 18.6 Å². The largest absolute Gasteiger partial charge is 0.391 e. The molecule has 1 N–H and O–H groups in total. The van der Waals surface area contributed by atoms with Gasteiger partial charge in [0.1, 0.15) is 12.7 Å². The van der Waals surface area contributed by atoms with Gasteiger partial charge in [-0.1, -0.05) is 54.6 Å². The van der Waals surface area contributed by atoms with Gasteiger partial charge in [0, 0.05) is 13.1 Å². The first-order valence-corrected chi connectivity index (χ1v) is 10.6. The Labute approximate surface area is 176 Å². The lowest BCUT2D eigenvalue weighted by Crippen LogP contribution is -2.36. The zero-order chi connectivity index (χ0) is 20.5. The fourth-order valence-corrected chi connectivity index (χ4v) is 5.02. The van der Waals surface area contributed by atoms with E-state index in [1.165, 1.54) is 11.9 Å². The molecule has 0 spiro atoms. The van der Waals surface area contributed by atoms with Gasteiger partial charge < -0.3 is 10.0 Å². The maximum atomic E-state index is 12.9. The number of nitrogens with zero attached hydrogens (tertiary/aromatic N) is 4. The van der Waals surface area contributed by atoms with E-state index in [-0.39, 0.29) is 11.9 Å². The summed E-state index contributed by atoms with van der Waals surface area (Å²) >= 11 is 0. The molecule has 2 heterocycles.